The lowest BCUT2D eigenvalue weighted by Crippen LogP contribution is -2.34. The Kier molecular flexibility index (Phi) is 6.17. The monoisotopic (exact) mass is 427 g/mol. The summed E-state index contributed by atoms with van der Waals surface area (Å²) in [7, 11) is 0. The van der Waals surface area contributed by atoms with Crippen LogP contribution in [-0.2, 0) is 0 Å². The number of carbonyl (C=O) groups is 2. The molecule has 4 N–H and O–H groups in total. The first-order chi connectivity index (χ1) is 15.5. The van der Waals surface area contributed by atoms with E-state index in [4.69, 9.17) is 0 Å². The Hall–Kier alpha value is -4.13. The molecule has 0 aliphatic rings. The van der Waals surface area contributed by atoms with Crippen LogP contribution in [0.2, 0.25) is 0 Å². The maximum atomic E-state index is 13.1. The molecule has 0 fully saturated rings. The molecule has 0 spiro atoms. The molecule has 0 saturated heterocycles. The van der Waals surface area contributed by atoms with Crippen LogP contribution in [0.5, 0.6) is 0 Å². The number of hydrogen-bond donors (Lipinski definition) is 4. The Morgan fingerprint density at radius 1 is 0.875 bits per heavy atom. The van der Waals surface area contributed by atoms with E-state index in [9.17, 15) is 9.59 Å². The molecule has 0 saturated carbocycles. The predicted molar refractivity (Wildman–Crippen MR) is 126 cm³/mol. The van der Waals surface area contributed by atoms with Crippen molar-refractivity contribution in [1.82, 2.24) is 20.6 Å². The molecule has 0 aliphatic carbocycles. The number of carbonyl (C=O) groups excluding carboxylic acids is 2. The van der Waals surface area contributed by atoms with Crippen molar-refractivity contribution >= 4 is 28.7 Å². The Bertz CT molecular complexity index is 1220. The molecule has 32 heavy (non-hydrogen) atoms. The van der Waals surface area contributed by atoms with Crippen LogP contribution in [0.1, 0.15) is 41.4 Å². The lowest BCUT2D eigenvalue weighted by atomic mass is 9.97. The molecule has 3 aromatic carbocycles. The molecule has 4 aromatic rings. The number of hydrogen-bond acceptors (Lipinski definition) is 3. The summed E-state index contributed by atoms with van der Waals surface area (Å²) in [6.45, 7) is 3.78. The molecule has 162 valence electrons. The van der Waals surface area contributed by atoms with E-state index in [1.165, 1.54) is 0 Å². The van der Waals surface area contributed by atoms with Crippen LogP contribution in [0.15, 0.2) is 79.1 Å². The van der Waals surface area contributed by atoms with Gasteiger partial charge in [-0.2, -0.15) is 0 Å². The van der Waals surface area contributed by atoms with Crippen molar-refractivity contribution in [3.63, 3.8) is 0 Å². The van der Waals surface area contributed by atoms with Crippen molar-refractivity contribution in [3.05, 3.63) is 95.8 Å². The summed E-state index contributed by atoms with van der Waals surface area (Å²) in [5.74, 6) is -0.207. The van der Waals surface area contributed by atoms with E-state index in [0.29, 0.717) is 11.3 Å². The largest absolute Gasteiger partial charge is 0.345 e. The quantitative estimate of drug-likeness (QED) is 0.362. The average Bonchev–Trinajstić information content (AvgIpc) is 3.26. The minimum Gasteiger partial charge on any atom is -0.345 e. The summed E-state index contributed by atoms with van der Waals surface area (Å²) in [5, 5.41) is 8.66. The molecule has 1 aromatic heterocycles. The van der Waals surface area contributed by atoms with Crippen molar-refractivity contribution in [2.75, 3.05) is 5.32 Å². The molecule has 4 rings (SSSR count). The Morgan fingerprint density at radius 3 is 2.34 bits per heavy atom. The van der Waals surface area contributed by atoms with Gasteiger partial charge in [0, 0.05) is 17.3 Å². The highest BCUT2D eigenvalue weighted by Crippen LogP contribution is 2.25. The van der Waals surface area contributed by atoms with Gasteiger partial charge in [-0.25, -0.2) is 9.78 Å². The molecule has 1 heterocycles. The van der Waals surface area contributed by atoms with Crippen LogP contribution in [-0.4, -0.2) is 27.9 Å². The Morgan fingerprint density at radius 2 is 1.62 bits per heavy atom. The topological polar surface area (TPSA) is 98.9 Å². The van der Waals surface area contributed by atoms with Crippen LogP contribution in [0.3, 0.4) is 0 Å². The second-order valence-corrected chi connectivity index (χ2v) is 7.83. The zero-order valence-electron chi connectivity index (χ0n) is 17.9. The van der Waals surface area contributed by atoms with Crippen molar-refractivity contribution < 1.29 is 9.59 Å². The van der Waals surface area contributed by atoms with E-state index >= 15 is 0 Å². The van der Waals surface area contributed by atoms with E-state index < -0.39 is 0 Å². The molecule has 1 unspecified atom stereocenters. The minimum atomic E-state index is -0.328. The van der Waals surface area contributed by atoms with Crippen LogP contribution >= 0.6 is 0 Å². The Labute approximate surface area is 186 Å². The van der Waals surface area contributed by atoms with Crippen molar-refractivity contribution in [2.24, 2.45) is 0 Å². The third-order valence-electron chi connectivity index (χ3n) is 5.01. The number of urea groups is 1. The van der Waals surface area contributed by atoms with Crippen LogP contribution in [0.25, 0.3) is 11.0 Å². The van der Waals surface area contributed by atoms with Crippen molar-refractivity contribution in [3.8, 4) is 0 Å². The summed E-state index contributed by atoms with van der Waals surface area (Å²) in [4.78, 5) is 32.3. The third kappa shape index (κ3) is 4.95. The van der Waals surface area contributed by atoms with Crippen molar-refractivity contribution in [2.45, 2.75) is 25.9 Å². The fourth-order valence-electron chi connectivity index (χ4n) is 3.49. The predicted octanol–water partition coefficient (Wildman–Crippen LogP) is 4.61. The van der Waals surface area contributed by atoms with Gasteiger partial charge in [0.15, 0.2) is 0 Å². The van der Waals surface area contributed by atoms with E-state index in [2.05, 4.69) is 25.9 Å². The number of benzene rings is 3. The molecular weight excluding hydrogens is 402 g/mol. The van der Waals surface area contributed by atoms with Gasteiger partial charge in [-0.1, -0.05) is 36.4 Å². The van der Waals surface area contributed by atoms with E-state index in [-0.39, 0.29) is 24.0 Å². The summed E-state index contributed by atoms with van der Waals surface area (Å²) in [5.41, 5.74) is 4.82. The van der Waals surface area contributed by atoms with Crippen LogP contribution in [0.4, 0.5) is 10.5 Å². The summed E-state index contributed by atoms with van der Waals surface area (Å²) in [6, 6.07) is 22.0. The van der Waals surface area contributed by atoms with Crippen molar-refractivity contribution in [1.29, 1.82) is 0 Å². The number of H-pyrrole nitrogens is 1. The van der Waals surface area contributed by atoms with E-state index in [1.807, 2.05) is 62.4 Å². The normalized spacial score (nSPS) is 11.8. The first kappa shape index (κ1) is 21.1. The minimum absolute atomic E-state index is 0.0379. The van der Waals surface area contributed by atoms with Gasteiger partial charge < -0.3 is 20.9 Å². The molecule has 3 amide bonds. The zero-order valence-corrected chi connectivity index (χ0v) is 17.9. The average molecular weight is 428 g/mol. The maximum Gasteiger partial charge on any atom is 0.319 e. The fraction of sp³-hybridized carbons (Fsp3) is 0.160. The van der Waals surface area contributed by atoms with Gasteiger partial charge in [0.25, 0.3) is 5.91 Å². The molecule has 0 bridgehead atoms. The number of nitrogens with zero attached hydrogens (tertiary/aromatic N) is 1. The smallest absolute Gasteiger partial charge is 0.319 e. The van der Waals surface area contributed by atoms with Gasteiger partial charge in [0.05, 0.1) is 23.4 Å². The number of nitrogens with one attached hydrogen (secondary N) is 4. The number of aromatic nitrogens is 2. The van der Waals surface area contributed by atoms with E-state index in [1.54, 1.807) is 30.6 Å². The second kappa shape index (κ2) is 9.34. The summed E-state index contributed by atoms with van der Waals surface area (Å²) >= 11 is 0. The number of rotatable bonds is 6. The molecule has 0 radical (unpaired) electrons. The van der Waals surface area contributed by atoms with Gasteiger partial charge in [0.2, 0.25) is 0 Å². The SMILES string of the molecule is CC(C)NC(=O)Nc1ccc(C(=O)NC(c2ccccc2)c2ccc3nc[nH]c3c2)cc1. The number of amides is 3. The van der Waals surface area contributed by atoms with Gasteiger partial charge >= 0.3 is 6.03 Å². The highest BCUT2D eigenvalue weighted by atomic mass is 16.2. The number of aromatic amines is 1. The number of anilines is 1. The summed E-state index contributed by atoms with van der Waals surface area (Å²) < 4.78 is 0. The van der Waals surface area contributed by atoms with E-state index in [0.717, 1.165) is 22.2 Å². The molecular formula is C25H25N5O2. The molecule has 0 aliphatic heterocycles. The lowest BCUT2D eigenvalue weighted by Gasteiger charge is -2.20. The van der Waals surface area contributed by atoms with Gasteiger partial charge in [-0.3, -0.25) is 4.79 Å². The highest BCUT2D eigenvalue weighted by molar-refractivity contribution is 5.96. The fourth-order valence-corrected chi connectivity index (χ4v) is 3.49. The zero-order chi connectivity index (χ0) is 22.5. The highest BCUT2D eigenvalue weighted by Gasteiger charge is 2.18. The van der Waals surface area contributed by atoms with Gasteiger partial charge in [-0.15, -0.1) is 0 Å². The van der Waals surface area contributed by atoms with Gasteiger partial charge in [-0.05, 0) is 61.4 Å². The lowest BCUT2D eigenvalue weighted by molar-refractivity contribution is 0.0943. The number of imidazole rings is 1. The molecule has 1 atom stereocenters. The molecule has 7 heteroatoms. The van der Waals surface area contributed by atoms with Crippen LogP contribution < -0.4 is 16.0 Å². The summed E-state index contributed by atoms with van der Waals surface area (Å²) in [6.07, 6.45) is 1.65. The first-order valence-corrected chi connectivity index (χ1v) is 10.5. The van der Waals surface area contributed by atoms with Gasteiger partial charge in [0.1, 0.15) is 0 Å². The first-order valence-electron chi connectivity index (χ1n) is 10.5. The van der Waals surface area contributed by atoms with Crippen LogP contribution in [0, 0.1) is 0 Å². The Balaban J connectivity index is 1.54. The maximum absolute atomic E-state index is 13.1. The third-order valence-corrected chi connectivity index (χ3v) is 5.01. The second-order valence-electron chi connectivity index (χ2n) is 7.83. The number of fused-ring (bicyclic) bond motifs is 1. The molecule has 7 nitrogen and oxygen atoms in total. The standard InChI is InChI=1S/C25H25N5O2/c1-16(2)28-25(32)29-20-11-8-18(9-12-20)24(31)30-23(17-6-4-3-5-7-17)19-10-13-21-22(14-19)27-15-26-21/h3-16,23H,1-2H3,(H,26,27)(H,30,31)(H2,28,29,32).